The van der Waals surface area contributed by atoms with E-state index < -0.39 is 6.09 Å². The second kappa shape index (κ2) is 23.1. The van der Waals surface area contributed by atoms with Gasteiger partial charge in [0.05, 0.1) is 0 Å². The highest BCUT2D eigenvalue weighted by atomic mass is 16.5. The summed E-state index contributed by atoms with van der Waals surface area (Å²) >= 11 is 0. The number of amides is 2. The highest BCUT2D eigenvalue weighted by Gasteiger charge is 2.12. The van der Waals surface area contributed by atoms with Gasteiger partial charge >= 0.3 is 6.09 Å². The van der Waals surface area contributed by atoms with Crippen LogP contribution >= 0.6 is 0 Å². The molecule has 1 rings (SSSR count). The molecule has 0 aliphatic rings. The highest BCUT2D eigenvalue weighted by molar-refractivity contribution is 5.77. The Labute approximate surface area is 227 Å². The van der Waals surface area contributed by atoms with Gasteiger partial charge in [-0.3, -0.25) is 4.79 Å². The molecule has 2 amide bonds. The molecule has 0 saturated carbocycles. The zero-order chi connectivity index (χ0) is 27.0. The van der Waals surface area contributed by atoms with Crippen LogP contribution in [0.5, 0.6) is 0 Å². The van der Waals surface area contributed by atoms with Crippen molar-refractivity contribution >= 4 is 18.2 Å². The highest BCUT2D eigenvalue weighted by Crippen LogP contribution is 2.21. The molecule has 6 nitrogen and oxygen atoms in total. The molecule has 0 aliphatic heterocycles. The first-order chi connectivity index (χ1) is 18.1. The Morgan fingerprint density at radius 2 is 1.30 bits per heavy atom. The van der Waals surface area contributed by atoms with E-state index in [-0.39, 0.29) is 6.61 Å². The van der Waals surface area contributed by atoms with Crippen molar-refractivity contribution in [3.05, 3.63) is 29.8 Å². The first-order valence-corrected chi connectivity index (χ1v) is 14.9. The number of rotatable bonds is 24. The number of likely N-dealkylation sites (N-methyl/N-ethyl adjacent to an activating group) is 1. The van der Waals surface area contributed by atoms with Crippen molar-refractivity contribution in [3.8, 4) is 0 Å². The second-order valence-electron chi connectivity index (χ2n) is 10.5. The smallest absolute Gasteiger partial charge is 0.407 e. The molecule has 0 spiro atoms. The molecule has 0 saturated heterocycles. The minimum atomic E-state index is -0.438. The van der Waals surface area contributed by atoms with Gasteiger partial charge in [0.25, 0.3) is 0 Å². The summed E-state index contributed by atoms with van der Waals surface area (Å²) in [6.07, 6.45) is 21.8. The average molecular weight is 518 g/mol. The number of benzene rings is 1. The van der Waals surface area contributed by atoms with Gasteiger partial charge in [0.15, 0.2) is 0 Å². The van der Waals surface area contributed by atoms with Crippen molar-refractivity contribution in [1.29, 1.82) is 0 Å². The molecule has 0 atom stereocenters. The number of carbonyl (C=O) groups is 2. The summed E-state index contributed by atoms with van der Waals surface area (Å²) < 4.78 is 5.37. The number of anilines is 1. The van der Waals surface area contributed by atoms with Gasteiger partial charge in [-0.15, -0.1) is 0 Å². The number of carbonyl (C=O) groups excluding carboxylic acids is 2. The fourth-order valence-electron chi connectivity index (χ4n) is 4.55. The van der Waals surface area contributed by atoms with Gasteiger partial charge in [-0.25, -0.2) is 4.79 Å². The van der Waals surface area contributed by atoms with Crippen LogP contribution in [0.1, 0.15) is 115 Å². The minimum Gasteiger partial charge on any atom is -0.445 e. The zero-order valence-electron chi connectivity index (χ0n) is 24.1. The molecule has 1 N–H and O–H groups in total. The summed E-state index contributed by atoms with van der Waals surface area (Å²) in [6.45, 7) is 4.40. The van der Waals surface area contributed by atoms with Crippen molar-refractivity contribution in [2.24, 2.45) is 0 Å². The van der Waals surface area contributed by atoms with E-state index in [0.29, 0.717) is 13.1 Å². The van der Waals surface area contributed by atoms with Crippen molar-refractivity contribution in [3.63, 3.8) is 0 Å². The fourth-order valence-corrected chi connectivity index (χ4v) is 4.55. The lowest BCUT2D eigenvalue weighted by Gasteiger charge is -2.21. The molecule has 212 valence electrons. The average Bonchev–Trinajstić information content (AvgIpc) is 2.89. The number of unbranched alkanes of at least 4 members (excludes halogenated alkanes) is 15. The normalized spacial score (nSPS) is 11.0. The summed E-state index contributed by atoms with van der Waals surface area (Å²) in [7, 11) is 3.91. The number of nitrogens with one attached hydrogen (secondary N) is 1. The fraction of sp³-hybridized carbons (Fsp3) is 0.742. The SMILES string of the molecule is CCCCCCCCCCCCCCCCCCN(C=O)c1ccccc1COC(=O)NCCN(C)C. The molecule has 1 aromatic carbocycles. The van der Waals surface area contributed by atoms with E-state index in [9.17, 15) is 9.59 Å². The first kappa shape index (κ1) is 32.9. The van der Waals surface area contributed by atoms with Crippen LogP contribution in [0.15, 0.2) is 24.3 Å². The zero-order valence-corrected chi connectivity index (χ0v) is 24.1. The van der Waals surface area contributed by atoms with Crippen molar-refractivity contribution in [1.82, 2.24) is 10.2 Å². The third kappa shape index (κ3) is 17.9. The van der Waals surface area contributed by atoms with Crippen molar-refractivity contribution in [2.45, 2.75) is 116 Å². The van der Waals surface area contributed by atoms with E-state index in [1.807, 2.05) is 43.3 Å². The summed E-state index contributed by atoms with van der Waals surface area (Å²) in [6, 6.07) is 7.65. The predicted octanol–water partition coefficient (Wildman–Crippen LogP) is 7.70. The molecule has 37 heavy (non-hydrogen) atoms. The van der Waals surface area contributed by atoms with Crippen LogP contribution in [0.3, 0.4) is 0 Å². The molecule has 0 bridgehead atoms. The summed E-state index contributed by atoms with van der Waals surface area (Å²) in [5, 5.41) is 2.75. The maximum absolute atomic E-state index is 12.0. The van der Waals surface area contributed by atoms with Crippen LogP contribution in [0.2, 0.25) is 0 Å². The van der Waals surface area contributed by atoms with Crippen LogP contribution in [0.4, 0.5) is 10.5 Å². The predicted molar refractivity (Wildman–Crippen MR) is 156 cm³/mol. The van der Waals surface area contributed by atoms with Crippen LogP contribution in [-0.4, -0.2) is 51.1 Å². The topological polar surface area (TPSA) is 61.9 Å². The molecule has 6 heteroatoms. The Bertz CT molecular complexity index is 696. The maximum atomic E-state index is 12.0. The molecule has 0 heterocycles. The quantitative estimate of drug-likeness (QED) is 0.113. The van der Waals surface area contributed by atoms with Gasteiger partial charge in [-0.05, 0) is 26.6 Å². The molecule has 0 fully saturated rings. The lowest BCUT2D eigenvalue weighted by Crippen LogP contribution is -2.31. The van der Waals surface area contributed by atoms with Gasteiger partial charge < -0.3 is 19.9 Å². The van der Waals surface area contributed by atoms with E-state index in [0.717, 1.165) is 37.0 Å². The van der Waals surface area contributed by atoms with Gasteiger partial charge in [-0.2, -0.15) is 0 Å². The van der Waals surface area contributed by atoms with Crippen molar-refractivity contribution < 1.29 is 14.3 Å². The summed E-state index contributed by atoms with van der Waals surface area (Å²) in [4.78, 5) is 27.5. The van der Waals surface area contributed by atoms with E-state index in [4.69, 9.17) is 4.74 Å². The Morgan fingerprint density at radius 3 is 1.81 bits per heavy atom. The van der Waals surface area contributed by atoms with Crippen LogP contribution in [0, 0.1) is 0 Å². The number of hydrogen-bond donors (Lipinski definition) is 1. The van der Waals surface area contributed by atoms with Gasteiger partial charge in [0, 0.05) is 30.9 Å². The molecule has 0 aliphatic carbocycles. The van der Waals surface area contributed by atoms with Gasteiger partial charge in [0.1, 0.15) is 6.61 Å². The Morgan fingerprint density at radius 1 is 0.784 bits per heavy atom. The summed E-state index contributed by atoms with van der Waals surface area (Å²) in [5.41, 5.74) is 1.66. The van der Waals surface area contributed by atoms with Crippen molar-refractivity contribution in [2.75, 3.05) is 38.6 Å². The largest absolute Gasteiger partial charge is 0.445 e. The Hall–Kier alpha value is -2.08. The minimum absolute atomic E-state index is 0.146. The van der Waals surface area contributed by atoms with E-state index >= 15 is 0 Å². The summed E-state index contributed by atoms with van der Waals surface area (Å²) in [5.74, 6) is 0. The monoisotopic (exact) mass is 517 g/mol. The standard InChI is InChI=1S/C31H55N3O3/c1-4-5-6-7-8-9-10-11-12-13-14-15-16-17-18-21-25-34(28-35)30-23-20-19-22-29(30)27-37-31(36)32-24-26-33(2)3/h19-20,22-23,28H,4-18,21,24-27H2,1-3H3,(H,32,36). The molecule has 0 aromatic heterocycles. The number of hydrogen-bond acceptors (Lipinski definition) is 4. The molecule has 0 unspecified atom stereocenters. The lowest BCUT2D eigenvalue weighted by atomic mass is 10.0. The number of ether oxygens (including phenoxy) is 1. The third-order valence-electron chi connectivity index (χ3n) is 6.87. The van der Waals surface area contributed by atoms with Crippen LogP contribution < -0.4 is 10.2 Å². The lowest BCUT2D eigenvalue weighted by molar-refractivity contribution is -0.107. The number of para-hydroxylation sites is 1. The van der Waals surface area contributed by atoms with E-state index in [2.05, 4.69) is 12.2 Å². The molecule has 1 aromatic rings. The number of nitrogens with zero attached hydrogens (tertiary/aromatic N) is 2. The molecular formula is C31H55N3O3. The Balaban J connectivity index is 2.13. The van der Waals surface area contributed by atoms with Crippen LogP contribution in [0.25, 0.3) is 0 Å². The van der Waals surface area contributed by atoms with Crippen LogP contribution in [-0.2, 0) is 16.1 Å². The maximum Gasteiger partial charge on any atom is 0.407 e. The van der Waals surface area contributed by atoms with E-state index in [1.54, 1.807) is 4.90 Å². The Kier molecular flexibility index (Phi) is 20.5. The second-order valence-corrected chi connectivity index (χ2v) is 10.5. The number of alkyl carbamates (subject to hydrolysis) is 1. The molecular weight excluding hydrogens is 462 g/mol. The third-order valence-corrected chi connectivity index (χ3v) is 6.87. The molecule has 0 radical (unpaired) electrons. The van der Waals surface area contributed by atoms with Gasteiger partial charge in [-0.1, -0.05) is 121 Å². The van der Waals surface area contributed by atoms with E-state index in [1.165, 1.54) is 89.9 Å². The first-order valence-electron chi connectivity index (χ1n) is 14.9. The van der Waals surface area contributed by atoms with Gasteiger partial charge in [0.2, 0.25) is 6.41 Å².